The first-order chi connectivity index (χ1) is 13.1. The van der Waals surface area contributed by atoms with E-state index in [-0.39, 0.29) is 0 Å². The van der Waals surface area contributed by atoms with Gasteiger partial charge in [0.05, 0.1) is 13.7 Å². The molecule has 1 aromatic carbocycles. The Morgan fingerprint density at radius 1 is 1.07 bits per heavy atom. The molecule has 5 nitrogen and oxygen atoms in total. The molecule has 0 aromatic heterocycles. The molecular weight excluding hydrogens is 338 g/mol. The predicted octanol–water partition coefficient (Wildman–Crippen LogP) is 2.50. The quantitative estimate of drug-likeness (QED) is 0.768. The number of carbonyl (C=O) groups is 1. The monoisotopic (exact) mass is 373 g/mol. The lowest BCUT2D eigenvalue weighted by Crippen LogP contribution is -2.45. The van der Waals surface area contributed by atoms with Gasteiger partial charge in [-0.25, -0.2) is 0 Å². The second kappa shape index (κ2) is 10.1. The number of aryl methyl sites for hydroxylation is 1. The van der Waals surface area contributed by atoms with E-state index >= 15 is 0 Å². The van der Waals surface area contributed by atoms with Crippen LogP contribution in [0.2, 0.25) is 0 Å². The molecule has 2 aliphatic rings. The average molecular weight is 374 g/mol. The van der Waals surface area contributed by atoms with Gasteiger partial charge in [0.1, 0.15) is 5.75 Å². The Morgan fingerprint density at radius 3 is 2.67 bits per heavy atom. The van der Waals surface area contributed by atoms with Crippen LogP contribution in [-0.4, -0.2) is 80.6 Å². The van der Waals surface area contributed by atoms with Crippen molar-refractivity contribution in [2.75, 3.05) is 60.0 Å². The highest BCUT2D eigenvalue weighted by molar-refractivity contribution is 5.78. The van der Waals surface area contributed by atoms with Gasteiger partial charge < -0.3 is 14.5 Å². The molecule has 1 unspecified atom stereocenters. The zero-order valence-corrected chi connectivity index (χ0v) is 17.0. The molecule has 0 spiro atoms. The summed E-state index contributed by atoms with van der Waals surface area (Å²) < 4.78 is 5.23. The number of benzene rings is 1. The molecule has 0 N–H and O–H groups in total. The Labute approximate surface area is 164 Å². The molecule has 0 saturated carbocycles. The highest BCUT2D eigenvalue weighted by Crippen LogP contribution is 2.22. The first-order valence-corrected chi connectivity index (χ1v) is 10.5. The van der Waals surface area contributed by atoms with Gasteiger partial charge in [0.2, 0.25) is 5.91 Å². The van der Waals surface area contributed by atoms with Crippen molar-refractivity contribution in [3.8, 4) is 5.75 Å². The van der Waals surface area contributed by atoms with Crippen molar-refractivity contribution in [3.63, 3.8) is 0 Å². The van der Waals surface area contributed by atoms with E-state index in [9.17, 15) is 4.79 Å². The van der Waals surface area contributed by atoms with E-state index in [1.807, 2.05) is 12.1 Å². The van der Waals surface area contributed by atoms with Gasteiger partial charge in [-0.1, -0.05) is 12.1 Å². The summed E-state index contributed by atoms with van der Waals surface area (Å²) in [5.41, 5.74) is 1.35. The smallest absolute Gasteiger partial charge is 0.236 e. The van der Waals surface area contributed by atoms with Crippen LogP contribution in [0.4, 0.5) is 0 Å². The van der Waals surface area contributed by atoms with Crippen LogP contribution in [-0.2, 0) is 11.2 Å². The minimum Gasteiger partial charge on any atom is -0.497 e. The lowest BCUT2D eigenvalue weighted by molar-refractivity contribution is -0.134. The van der Waals surface area contributed by atoms with Crippen molar-refractivity contribution in [1.29, 1.82) is 0 Å². The summed E-state index contributed by atoms with van der Waals surface area (Å²) in [6.45, 7) is 6.73. The number of hydrogen-bond donors (Lipinski definition) is 0. The fraction of sp³-hybridized carbons (Fsp3) is 0.682. The van der Waals surface area contributed by atoms with Crippen molar-refractivity contribution in [2.24, 2.45) is 5.92 Å². The lowest BCUT2D eigenvalue weighted by Gasteiger charge is -2.34. The van der Waals surface area contributed by atoms with Crippen LogP contribution in [0.5, 0.6) is 5.75 Å². The van der Waals surface area contributed by atoms with E-state index in [2.05, 4.69) is 33.9 Å². The van der Waals surface area contributed by atoms with E-state index in [1.165, 1.54) is 12.0 Å². The molecule has 2 fully saturated rings. The molecule has 0 aliphatic carbocycles. The fourth-order valence-electron chi connectivity index (χ4n) is 4.24. The van der Waals surface area contributed by atoms with E-state index in [4.69, 9.17) is 4.74 Å². The molecule has 2 saturated heterocycles. The number of carbonyl (C=O) groups excluding carboxylic acids is 1. The minimum absolute atomic E-state index is 0.328. The molecule has 2 aliphatic heterocycles. The third kappa shape index (κ3) is 6.22. The number of methoxy groups -OCH3 is 1. The van der Waals surface area contributed by atoms with Gasteiger partial charge >= 0.3 is 0 Å². The molecule has 1 atom stereocenters. The molecular formula is C22H35N3O2. The van der Waals surface area contributed by atoms with Crippen LogP contribution >= 0.6 is 0 Å². The van der Waals surface area contributed by atoms with Gasteiger partial charge in [-0.15, -0.1) is 0 Å². The molecule has 150 valence electrons. The molecule has 27 heavy (non-hydrogen) atoms. The van der Waals surface area contributed by atoms with Crippen LogP contribution in [0.1, 0.15) is 31.2 Å². The summed E-state index contributed by atoms with van der Waals surface area (Å²) in [6, 6.07) is 8.37. The first kappa shape index (κ1) is 20.2. The number of nitrogens with zero attached hydrogens (tertiary/aromatic N) is 3. The first-order valence-electron chi connectivity index (χ1n) is 10.5. The van der Waals surface area contributed by atoms with Crippen LogP contribution in [0.25, 0.3) is 0 Å². The summed E-state index contributed by atoms with van der Waals surface area (Å²) in [5.74, 6) is 1.86. The molecule has 2 heterocycles. The number of ether oxygens (including phenoxy) is 1. The fourth-order valence-corrected chi connectivity index (χ4v) is 4.24. The van der Waals surface area contributed by atoms with E-state index in [0.717, 1.165) is 70.7 Å². The third-order valence-electron chi connectivity index (χ3n) is 6.04. The number of piperidine rings is 1. The Hall–Kier alpha value is -1.59. The van der Waals surface area contributed by atoms with Crippen LogP contribution in [0.15, 0.2) is 24.3 Å². The second-order valence-corrected chi connectivity index (χ2v) is 8.17. The normalized spacial score (nSPS) is 22.4. The summed E-state index contributed by atoms with van der Waals surface area (Å²) in [5, 5.41) is 0. The highest BCUT2D eigenvalue weighted by Gasteiger charge is 2.25. The van der Waals surface area contributed by atoms with Crippen LogP contribution in [0, 0.1) is 5.92 Å². The molecule has 1 aromatic rings. The Bertz CT molecular complexity index is 590. The molecule has 5 heteroatoms. The van der Waals surface area contributed by atoms with Gasteiger partial charge in [-0.05, 0) is 75.9 Å². The number of rotatable bonds is 6. The molecule has 0 radical (unpaired) electrons. The lowest BCUT2D eigenvalue weighted by atomic mass is 9.91. The van der Waals surface area contributed by atoms with E-state index in [1.54, 1.807) is 7.11 Å². The maximum absolute atomic E-state index is 12.8. The zero-order chi connectivity index (χ0) is 19.1. The number of hydrogen-bond acceptors (Lipinski definition) is 4. The van der Waals surface area contributed by atoms with Gasteiger partial charge in [0.25, 0.3) is 0 Å². The minimum atomic E-state index is 0.328. The number of amides is 1. The largest absolute Gasteiger partial charge is 0.497 e. The summed E-state index contributed by atoms with van der Waals surface area (Å²) in [4.78, 5) is 19.6. The second-order valence-electron chi connectivity index (χ2n) is 8.17. The molecule has 0 bridgehead atoms. The van der Waals surface area contributed by atoms with E-state index < -0.39 is 0 Å². The number of likely N-dealkylation sites (N-methyl/N-ethyl adjacent to an activating group) is 1. The van der Waals surface area contributed by atoms with Gasteiger partial charge in [-0.3, -0.25) is 9.69 Å². The number of likely N-dealkylation sites (tertiary alicyclic amines) is 1. The van der Waals surface area contributed by atoms with Crippen molar-refractivity contribution < 1.29 is 9.53 Å². The average Bonchev–Trinajstić information content (AvgIpc) is 2.91. The van der Waals surface area contributed by atoms with Crippen molar-refractivity contribution in [2.45, 2.75) is 32.1 Å². The Balaban J connectivity index is 1.44. The topological polar surface area (TPSA) is 36.0 Å². The molecule has 1 amide bonds. The van der Waals surface area contributed by atoms with Gasteiger partial charge in [0.15, 0.2) is 0 Å². The molecule has 3 rings (SSSR count). The van der Waals surface area contributed by atoms with Gasteiger partial charge in [0, 0.05) is 26.2 Å². The maximum Gasteiger partial charge on any atom is 0.236 e. The van der Waals surface area contributed by atoms with Crippen LogP contribution < -0.4 is 4.74 Å². The van der Waals surface area contributed by atoms with Crippen molar-refractivity contribution >= 4 is 5.91 Å². The zero-order valence-electron chi connectivity index (χ0n) is 17.0. The standard InChI is InChI=1S/C22H35N3O2/c1-23-12-4-13-24(16-15-23)18-22(26)25-14-3-5-20(17-25)7-6-19-8-10-21(27-2)11-9-19/h8-11,20H,3-7,12-18H2,1-2H3. The Kier molecular flexibility index (Phi) is 7.53. The van der Waals surface area contributed by atoms with Crippen LogP contribution in [0.3, 0.4) is 0 Å². The highest BCUT2D eigenvalue weighted by atomic mass is 16.5. The predicted molar refractivity (Wildman–Crippen MR) is 109 cm³/mol. The third-order valence-corrected chi connectivity index (χ3v) is 6.04. The Morgan fingerprint density at radius 2 is 1.89 bits per heavy atom. The van der Waals surface area contributed by atoms with Crippen molar-refractivity contribution in [1.82, 2.24) is 14.7 Å². The van der Waals surface area contributed by atoms with Crippen molar-refractivity contribution in [3.05, 3.63) is 29.8 Å². The summed E-state index contributed by atoms with van der Waals surface area (Å²) in [7, 11) is 3.87. The summed E-state index contributed by atoms with van der Waals surface area (Å²) >= 11 is 0. The SMILES string of the molecule is COc1ccc(CCC2CCCN(C(=O)CN3CCCN(C)CC3)C2)cc1. The van der Waals surface area contributed by atoms with Gasteiger partial charge in [-0.2, -0.15) is 0 Å². The van der Waals surface area contributed by atoms with E-state index in [0.29, 0.717) is 18.4 Å². The summed E-state index contributed by atoms with van der Waals surface area (Å²) in [6.07, 6.45) is 5.78. The maximum atomic E-state index is 12.8.